The van der Waals surface area contributed by atoms with Crippen LogP contribution in [0.15, 0.2) is 47.4 Å². The Balaban J connectivity index is 1.48. The minimum Gasteiger partial charge on any atom is -0.494 e. The Morgan fingerprint density at radius 1 is 1.14 bits per heavy atom. The summed E-state index contributed by atoms with van der Waals surface area (Å²) in [5, 5.41) is 2.76. The lowest BCUT2D eigenvalue weighted by Crippen LogP contribution is -2.15. The van der Waals surface area contributed by atoms with E-state index in [1.807, 2.05) is 31.2 Å². The summed E-state index contributed by atoms with van der Waals surface area (Å²) in [5.41, 5.74) is 1.93. The third-order valence-corrected chi connectivity index (χ3v) is 5.33. The molecule has 1 amide bonds. The Morgan fingerprint density at radius 2 is 1.89 bits per heavy atom. The molecule has 1 aliphatic heterocycles. The molecule has 6 nitrogen and oxygen atoms in total. The fourth-order valence-corrected chi connectivity index (χ4v) is 3.50. The van der Waals surface area contributed by atoms with E-state index in [9.17, 15) is 14.4 Å². The van der Waals surface area contributed by atoms with Gasteiger partial charge in [-0.1, -0.05) is 0 Å². The predicted molar refractivity (Wildman–Crippen MR) is 107 cm³/mol. The summed E-state index contributed by atoms with van der Waals surface area (Å²) in [7, 11) is 0. The van der Waals surface area contributed by atoms with E-state index in [4.69, 9.17) is 9.47 Å². The van der Waals surface area contributed by atoms with Gasteiger partial charge in [0.05, 0.1) is 18.3 Å². The minimum atomic E-state index is -0.460. The first-order valence-electron chi connectivity index (χ1n) is 8.97. The van der Waals surface area contributed by atoms with Crippen molar-refractivity contribution < 1.29 is 23.9 Å². The zero-order valence-electron chi connectivity index (χ0n) is 15.7. The number of amides is 1. The van der Waals surface area contributed by atoms with Gasteiger partial charge in [-0.2, -0.15) is 0 Å². The molecule has 1 N–H and O–H groups in total. The number of nitrogens with one attached hydrogen (secondary N) is 1. The van der Waals surface area contributed by atoms with Crippen LogP contribution in [0.4, 0.5) is 5.69 Å². The average molecular weight is 399 g/mol. The van der Waals surface area contributed by atoms with Crippen LogP contribution in [0.2, 0.25) is 0 Å². The van der Waals surface area contributed by atoms with Gasteiger partial charge in [0.1, 0.15) is 5.75 Å². The summed E-state index contributed by atoms with van der Waals surface area (Å²) in [6, 6.07) is 12.4. The van der Waals surface area contributed by atoms with E-state index in [1.165, 1.54) is 11.8 Å². The molecule has 28 heavy (non-hydrogen) atoms. The number of rotatable bonds is 8. The molecule has 0 bridgehead atoms. The van der Waals surface area contributed by atoms with Crippen molar-refractivity contribution in [3.05, 3.63) is 53.6 Å². The molecule has 0 saturated carbocycles. The van der Waals surface area contributed by atoms with E-state index in [0.717, 1.165) is 21.9 Å². The number of anilines is 1. The number of Topliss-reactive ketones (excluding diaryl/α,β-unsaturated/α-hetero) is 1. The third-order valence-electron chi connectivity index (χ3n) is 4.35. The maximum atomic E-state index is 12.3. The molecule has 1 aliphatic rings. The first-order valence-corrected chi connectivity index (χ1v) is 9.95. The number of carbonyl (C=O) groups excluding carboxylic acids is 3. The number of hydrogen-bond acceptors (Lipinski definition) is 6. The molecule has 2 aromatic rings. The second-order valence-corrected chi connectivity index (χ2v) is 7.34. The maximum Gasteiger partial charge on any atom is 0.316 e. The smallest absolute Gasteiger partial charge is 0.316 e. The third kappa shape index (κ3) is 4.72. The minimum absolute atomic E-state index is 0.0858. The van der Waals surface area contributed by atoms with Gasteiger partial charge in [0, 0.05) is 16.1 Å². The van der Waals surface area contributed by atoms with Crippen LogP contribution in [0.25, 0.3) is 0 Å². The molecule has 0 unspecified atom stereocenters. The molecule has 0 spiro atoms. The van der Waals surface area contributed by atoms with E-state index in [-0.39, 0.29) is 30.0 Å². The van der Waals surface area contributed by atoms with E-state index >= 15 is 0 Å². The summed E-state index contributed by atoms with van der Waals surface area (Å²) in [5.74, 6) is -0.248. The number of fused-ring (bicyclic) bond motifs is 1. The van der Waals surface area contributed by atoms with Gasteiger partial charge in [-0.25, -0.2) is 0 Å². The van der Waals surface area contributed by atoms with Gasteiger partial charge in [0.15, 0.2) is 12.4 Å². The lowest BCUT2D eigenvalue weighted by atomic mass is 9.99. The number of hydrogen-bond donors (Lipinski definition) is 1. The van der Waals surface area contributed by atoms with Crippen LogP contribution < -0.4 is 10.1 Å². The van der Waals surface area contributed by atoms with Crippen molar-refractivity contribution in [3.8, 4) is 5.75 Å². The molecule has 0 saturated heterocycles. The van der Waals surface area contributed by atoms with Crippen LogP contribution in [0.3, 0.4) is 0 Å². The first-order chi connectivity index (χ1) is 13.5. The highest BCUT2D eigenvalue weighted by Crippen LogP contribution is 2.32. The number of benzene rings is 2. The second-order valence-electron chi connectivity index (χ2n) is 6.29. The zero-order valence-corrected chi connectivity index (χ0v) is 16.5. The Labute approximate surface area is 167 Å². The van der Waals surface area contributed by atoms with Crippen molar-refractivity contribution in [2.75, 3.05) is 24.3 Å². The number of carbonyl (C=O) groups is 3. The van der Waals surface area contributed by atoms with Crippen molar-refractivity contribution in [1.29, 1.82) is 0 Å². The Kier molecular flexibility index (Phi) is 6.36. The van der Waals surface area contributed by atoms with Crippen LogP contribution in [-0.2, 0) is 14.3 Å². The molecule has 1 heterocycles. The topological polar surface area (TPSA) is 81.7 Å². The molecule has 146 valence electrons. The molecule has 0 aliphatic carbocycles. The molecule has 2 aromatic carbocycles. The Bertz CT molecular complexity index is 894. The first kappa shape index (κ1) is 19.9. The molecule has 3 rings (SSSR count). The van der Waals surface area contributed by atoms with Crippen LogP contribution in [0, 0.1) is 0 Å². The van der Waals surface area contributed by atoms with Crippen molar-refractivity contribution >= 4 is 35.1 Å². The summed E-state index contributed by atoms with van der Waals surface area (Å²) in [4.78, 5) is 36.8. The van der Waals surface area contributed by atoms with Crippen LogP contribution >= 0.6 is 11.8 Å². The molecule has 0 fully saturated rings. The van der Waals surface area contributed by atoms with Gasteiger partial charge < -0.3 is 14.8 Å². The van der Waals surface area contributed by atoms with Gasteiger partial charge in [0.25, 0.3) is 0 Å². The summed E-state index contributed by atoms with van der Waals surface area (Å²) >= 11 is 1.33. The summed E-state index contributed by atoms with van der Waals surface area (Å²) in [6.45, 7) is 3.98. The van der Waals surface area contributed by atoms with E-state index in [2.05, 4.69) is 5.32 Å². The Morgan fingerprint density at radius 3 is 2.61 bits per heavy atom. The highest BCUT2D eigenvalue weighted by atomic mass is 32.2. The lowest BCUT2D eigenvalue weighted by molar-refractivity contribution is -0.139. The fraction of sp³-hybridized carbons (Fsp3) is 0.286. The highest BCUT2D eigenvalue weighted by molar-refractivity contribution is 8.00. The maximum absolute atomic E-state index is 12.3. The largest absolute Gasteiger partial charge is 0.494 e. The van der Waals surface area contributed by atoms with Crippen LogP contribution in [0.1, 0.15) is 35.7 Å². The summed E-state index contributed by atoms with van der Waals surface area (Å²) in [6.07, 6.45) is 0. The highest BCUT2D eigenvalue weighted by Gasteiger charge is 2.27. The van der Waals surface area contributed by atoms with Crippen molar-refractivity contribution in [3.63, 3.8) is 0 Å². The van der Waals surface area contributed by atoms with Crippen LogP contribution in [-0.4, -0.2) is 36.6 Å². The standard InChI is InChI=1S/C21H21NO5S/c1-3-26-15-5-7-16(8-6-15)28-12-20(24)27-11-19(23)14-4-9-18-17(10-14)13(2)21(25)22-18/h4-10,13H,3,11-12H2,1-2H3,(H,22,25)/t13-/m0/s1. The average Bonchev–Trinajstić information content (AvgIpc) is 2.99. The molecule has 7 heteroatoms. The predicted octanol–water partition coefficient (Wildman–Crippen LogP) is 3.66. The fourth-order valence-electron chi connectivity index (χ4n) is 2.80. The number of thioether (sulfide) groups is 1. The Hall–Kier alpha value is -2.80. The normalized spacial score (nSPS) is 14.9. The molecule has 0 aromatic heterocycles. The number of ether oxygens (including phenoxy) is 2. The van der Waals surface area contributed by atoms with Crippen molar-refractivity contribution in [1.82, 2.24) is 0 Å². The van der Waals surface area contributed by atoms with Crippen molar-refractivity contribution in [2.24, 2.45) is 0 Å². The SMILES string of the molecule is CCOc1ccc(SCC(=O)OCC(=O)c2ccc3c(c2)[C@H](C)C(=O)N3)cc1. The van der Waals surface area contributed by atoms with E-state index in [1.54, 1.807) is 25.1 Å². The van der Waals surface area contributed by atoms with E-state index < -0.39 is 5.97 Å². The van der Waals surface area contributed by atoms with Gasteiger partial charge in [-0.3, -0.25) is 14.4 Å². The number of esters is 1. The molecular formula is C21H21NO5S. The zero-order chi connectivity index (χ0) is 20.1. The second kappa shape index (κ2) is 8.93. The summed E-state index contributed by atoms with van der Waals surface area (Å²) < 4.78 is 10.5. The van der Waals surface area contributed by atoms with Gasteiger partial charge in [0.2, 0.25) is 5.91 Å². The number of ketones is 1. The van der Waals surface area contributed by atoms with Gasteiger partial charge in [-0.15, -0.1) is 11.8 Å². The molecular weight excluding hydrogens is 378 g/mol. The van der Waals surface area contributed by atoms with Gasteiger partial charge in [-0.05, 0) is 61.9 Å². The lowest BCUT2D eigenvalue weighted by Gasteiger charge is -2.07. The monoisotopic (exact) mass is 399 g/mol. The quantitative estimate of drug-likeness (QED) is 0.414. The van der Waals surface area contributed by atoms with Crippen molar-refractivity contribution in [2.45, 2.75) is 24.7 Å². The van der Waals surface area contributed by atoms with Crippen LogP contribution in [0.5, 0.6) is 5.75 Å². The molecule has 0 radical (unpaired) electrons. The molecule has 1 atom stereocenters. The van der Waals surface area contributed by atoms with Gasteiger partial charge >= 0.3 is 5.97 Å². The van der Waals surface area contributed by atoms with E-state index in [0.29, 0.717) is 12.2 Å².